The van der Waals surface area contributed by atoms with Gasteiger partial charge in [0.15, 0.2) is 12.4 Å². The molecule has 2 aromatic carbocycles. The summed E-state index contributed by atoms with van der Waals surface area (Å²) in [6.07, 6.45) is 1.63. The van der Waals surface area contributed by atoms with Crippen LogP contribution in [0.5, 0.6) is 17.4 Å². The normalized spacial score (nSPS) is 11.0. The average molecular weight is 349 g/mol. The Morgan fingerprint density at radius 1 is 0.846 bits per heavy atom. The molecule has 3 rings (SSSR count). The SMILES string of the molecule is N/C(=N\OCCOc1ccccc1)c1cccnc1Oc1ccccc1. The van der Waals surface area contributed by atoms with Crippen LogP contribution < -0.4 is 15.2 Å². The Kier molecular flexibility index (Phi) is 6.04. The zero-order chi connectivity index (χ0) is 18.0. The quantitative estimate of drug-likeness (QED) is 0.291. The van der Waals surface area contributed by atoms with Gasteiger partial charge in [-0.25, -0.2) is 4.98 Å². The molecule has 0 unspecified atom stereocenters. The summed E-state index contributed by atoms with van der Waals surface area (Å²) in [5, 5.41) is 3.92. The molecule has 132 valence electrons. The van der Waals surface area contributed by atoms with E-state index in [9.17, 15) is 0 Å². The number of ether oxygens (including phenoxy) is 2. The van der Waals surface area contributed by atoms with Gasteiger partial charge in [-0.2, -0.15) is 0 Å². The maximum atomic E-state index is 6.01. The molecule has 0 saturated heterocycles. The molecule has 1 aromatic heterocycles. The van der Waals surface area contributed by atoms with Crippen LogP contribution in [0.3, 0.4) is 0 Å². The molecule has 0 aliphatic rings. The number of aromatic nitrogens is 1. The van der Waals surface area contributed by atoms with Crippen LogP contribution in [-0.2, 0) is 4.84 Å². The molecule has 0 aliphatic carbocycles. The van der Waals surface area contributed by atoms with Crippen molar-refractivity contribution in [2.24, 2.45) is 10.9 Å². The van der Waals surface area contributed by atoms with Gasteiger partial charge < -0.3 is 20.0 Å². The topological polar surface area (TPSA) is 79.0 Å². The highest BCUT2D eigenvalue weighted by Gasteiger charge is 2.10. The molecule has 0 spiro atoms. The first-order valence-electron chi connectivity index (χ1n) is 8.14. The molecule has 26 heavy (non-hydrogen) atoms. The molecule has 0 radical (unpaired) electrons. The summed E-state index contributed by atoms with van der Waals surface area (Å²) in [5.41, 5.74) is 6.56. The molecule has 2 N–H and O–H groups in total. The zero-order valence-electron chi connectivity index (χ0n) is 14.1. The second-order valence-electron chi connectivity index (χ2n) is 5.24. The van der Waals surface area contributed by atoms with Crippen LogP contribution in [0.1, 0.15) is 5.56 Å². The van der Waals surface area contributed by atoms with Gasteiger partial charge in [0.1, 0.15) is 18.1 Å². The van der Waals surface area contributed by atoms with Crippen molar-refractivity contribution in [2.75, 3.05) is 13.2 Å². The molecule has 1 heterocycles. The Hall–Kier alpha value is -3.54. The van der Waals surface area contributed by atoms with Gasteiger partial charge in [0.2, 0.25) is 5.88 Å². The molecule has 6 heteroatoms. The first-order chi connectivity index (χ1) is 12.8. The number of benzene rings is 2. The van der Waals surface area contributed by atoms with Gasteiger partial charge in [-0.15, -0.1) is 0 Å². The van der Waals surface area contributed by atoms with E-state index in [1.165, 1.54) is 0 Å². The Bertz CT molecular complexity index is 839. The number of oxime groups is 1. The lowest BCUT2D eigenvalue weighted by molar-refractivity contribution is 0.107. The monoisotopic (exact) mass is 349 g/mol. The highest BCUT2D eigenvalue weighted by atomic mass is 16.6. The smallest absolute Gasteiger partial charge is 0.230 e. The Morgan fingerprint density at radius 2 is 1.54 bits per heavy atom. The number of hydrogen-bond donors (Lipinski definition) is 1. The first kappa shape index (κ1) is 17.3. The lowest BCUT2D eigenvalue weighted by atomic mass is 10.2. The predicted octanol–water partition coefficient (Wildman–Crippen LogP) is 3.59. The third-order valence-corrected chi connectivity index (χ3v) is 3.35. The lowest BCUT2D eigenvalue weighted by Gasteiger charge is -2.09. The third-order valence-electron chi connectivity index (χ3n) is 3.35. The van der Waals surface area contributed by atoms with Crippen LogP contribution in [0, 0.1) is 0 Å². The lowest BCUT2D eigenvalue weighted by Crippen LogP contribution is -2.16. The highest BCUT2D eigenvalue weighted by Crippen LogP contribution is 2.22. The fourth-order valence-corrected chi connectivity index (χ4v) is 2.15. The number of amidine groups is 1. The second-order valence-corrected chi connectivity index (χ2v) is 5.24. The number of pyridine rings is 1. The maximum absolute atomic E-state index is 6.01. The van der Waals surface area contributed by atoms with E-state index in [0.29, 0.717) is 23.8 Å². The minimum absolute atomic E-state index is 0.184. The molecule has 0 saturated carbocycles. The highest BCUT2D eigenvalue weighted by molar-refractivity contribution is 5.99. The van der Waals surface area contributed by atoms with Crippen molar-refractivity contribution in [3.63, 3.8) is 0 Å². The van der Waals surface area contributed by atoms with Gasteiger partial charge in [0.05, 0.1) is 5.56 Å². The number of nitrogens with two attached hydrogens (primary N) is 1. The van der Waals surface area contributed by atoms with E-state index in [1.54, 1.807) is 18.3 Å². The summed E-state index contributed by atoms with van der Waals surface area (Å²) < 4.78 is 11.3. The molecule has 3 aromatic rings. The summed E-state index contributed by atoms with van der Waals surface area (Å²) in [6, 6.07) is 22.4. The molecule has 0 amide bonds. The molecule has 6 nitrogen and oxygen atoms in total. The van der Waals surface area contributed by atoms with E-state index in [4.69, 9.17) is 20.0 Å². The van der Waals surface area contributed by atoms with Gasteiger partial charge in [-0.1, -0.05) is 41.6 Å². The van der Waals surface area contributed by atoms with E-state index in [2.05, 4.69) is 10.1 Å². The van der Waals surface area contributed by atoms with E-state index in [-0.39, 0.29) is 12.4 Å². The van der Waals surface area contributed by atoms with Crippen molar-refractivity contribution >= 4 is 5.84 Å². The Labute approximate surface area is 151 Å². The van der Waals surface area contributed by atoms with Gasteiger partial charge in [0.25, 0.3) is 0 Å². The molecule has 0 aliphatic heterocycles. The molecular formula is C20H19N3O3. The Balaban J connectivity index is 1.57. The summed E-state index contributed by atoms with van der Waals surface area (Å²) in [5.74, 6) is 1.99. The van der Waals surface area contributed by atoms with Crippen molar-refractivity contribution in [3.8, 4) is 17.4 Å². The standard InChI is InChI=1S/C20H19N3O3/c21-19(23-25-15-14-24-16-8-3-1-4-9-16)18-12-7-13-22-20(18)26-17-10-5-2-6-11-17/h1-13H,14-15H2,(H2,21,23). The largest absolute Gasteiger partial charge is 0.490 e. The van der Waals surface area contributed by atoms with Crippen molar-refractivity contribution in [1.29, 1.82) is 0 Å². The van der Waals surface area contributed by atoms with Crippen LogP contribution in [-0.4, -0.2) is 24.0 Å². The predicted molar refractivity (Wildman–Crippen MR) is 99.4 cm³/mol. The number of rotatable bonds is 8. The molecule has 0 atom stereocenters. The van der Waals surface area contributed by atoms with Gasteiger partial charge in [-0.3, -0.25) is 0 Å². The summed E-state index contributed by atoms with van der Waals surface area (Å²) in [4.78, 5) is 9.45. The number of para-hydroxylation sites is 2. The minimum Gasteiger partial charge on any atom is -0.490 e. The van der Waals surface area contributed by atoms with E-state index in [1.807, 2.05) is 60.7 Å². The van der Waals surface area contributed by atoms with E-state index in [0.717, 1.165) is 5.75 Å². The average Bonchev–Trinajstić information content (AvgIpc) is 2.69. The molecular weight excluding hydrogens is 330 g/mol. The van der Waals surface area contributed by atoms with E-state index >= 15 is 0 Å². The Morgan fingerprint density at radius 3 is 2.27 bits per heavy atom. The van der Waals surface area contributed by atoms with Crippen LogP contribution in [0.4, 0.5) is 0 Å². The van der Waals surface area contributed by atoms with Crippen molar-refractivity contribution in [2.45, 2.75) is 0 Å². The summed E-state index contributed by atoms with van der Waals surface area (Å²) in [6.45, 7) is 0.631. The molecule has 0 bridgehead atoms. The zero-order valence-corrected chi connectivity index (χ0v) is 14.1. The summed E-state index contributed by atoms with van der Waals surface area (Å²) >= 11 is 0. The van der Waals surface area contributed by atoms with Crippen molar-refractivity contribution < 1.29 is 14.3 Å². The molecule has 0 fully saturated rings. The third kappa shape index (κ3) is 4.98. The number of nitrogens with zero attached hydrogens (tertiary/aromatic N) is 2. The van der Waals surface area contributed by atoms with Crippen molar-refractivity contribution in [1.82, 2.24) is 4.98 Å². The van der Waals surface area contributed by atoms with Crippen LogP contribution in [0.15, 0.2) is 84.1 Å². The van der Waals surface area contributed by atoms with Gasteiger partial charge in [-0.05, 0) is 36.4 Å². The first-order valence-corrected chi connectivity index (χ1v) is 8.14. The minimum atomic E-state index is 0.184. The van der Waals surface area contributed by atoms with Gasteiger partial charge >= 0.3 is 0 Å². The fourth-order valence-electron chi connectivity index (χ4n) is 2.15. The second kappa shape index (κ2) is 9.08. The van der Waals surface area contributed by atoms with Crippen LogP contribution in [0.2, 0.25) is 0 Å². The van der Waals surface area contributed by atoms with Crippen LogP contribution >= 0.6 is 0 Å². The number of hydrogen-bond acceptors (Lipinski definition) is 5. The fraction of sp³-hybridized carbons (Fsp3) is 0.100. The van der Waals surface area contributed by atoms with Crippen LogP contribution in [0.25, 0.3) is 0 Å². The van der Waals surface area contributed by atoms with Crippen molar-refractivity contribution in [3.05, 3.63) is 84.6 Å². The maximum Gasteiger partial charge on any atom is 0.230 e. The van der Waals surface area contributed by atoms with E-state index < -0.39 is 0 Å². The summed E-state index contributed by atoms with van der Waals surface area (Å²) in [7, 11) is 0. The van der Waals surface area contributed by atoms with Gasteiger partial charge in [0, 0.05) is 6.20 Å².